The molecule has 100 valence electrons. The number of unbranched alkanes of at least 4 members (excludes halogenated alkanes) is 1. The molecule has 1 heteroatoms. The van der Waals surface area contributed by atoms with Crippen LogP contribution < -0.4 is 5.32 Å². The van der Waals surface area contributed by atoms with Crippen LogP contribution in [0.3, 0.4) is 0 Å². The van der Waals surface area contributed by atoms with Crippen molar-refractivity contribution in [3.05, 3.63) is 24.3 Å². The molecule has 1 atom stereocenters. The van der Waals surface area contributed by atoms with E-state index in [1.165, 1.54) is 24.8 Å². The zero-order chi connectivity index (χ0) is 13.3. The molecule has 0 rings (SSSR count). The normalized spacial score (nSPS) is 15.4. The topological polar surface area (TPSA) is 12.0 Å². The fourth-order valence-corrected chi connectivity index (χ4v) is 2.33. The van der Waals surface area contributed by atoms with Crippen molar-refractivity contribution in [2.45, 2.75) is 65.3 Å². The third-order valence-electron chi connectivity index (χ3n) is 3.56. The molecule has 0 saturated heterocycles. The van der Waals surface area contributed by atoms with Crippen LogP contribution >= 0.6 is 0 Å². The van der Waals surface area contributed by atoms with E-state index in [2.05, 4.69) is 58.8 Å². The minimum atomic E-state index is 0.0904. The molecule has 0 radical (unpaired) electrons. The van der Waals surface area contributed by atoms with Gasteiger partial charge >= 0.3 is 0 Å². The second-order valence-electron chi connectivity index (χ2n) is 5.23. The molecule has 0 aromatic carbocycles. The van der Waals surface area contributed by atoms with E-state index in [4.69, 9.17) is 0 Å². The molecule has 0 spiro atoms. The van der Waals surface area contributed by atoms with Crippen LogP contribution in [0.15, 0.2) is 24.3 Å². The Bertz CT molecular complexity index is 240. The fraction of sp³-hybridized carbons (Fsp3) is 0.750. The molecule has 0 saturated carbocycles. The van der Waals surface area contributed by atoms with Gasteiger partial charge in [0.1, 0.15) is 0 Å². The van der Waals surface area contributed by atoms with Crippen LogP contribution in [0.2, 0.25) is 0 Å². The summed E-state index contributed by atoms with van der Waals surface area (Å²) in [6.45, 7) is 13.3. The van der Waals surface area contributed by atoms with Crippen LogP contribution in [0.25, 0.3) is 0 Å². The second-order valence-corrected chi connectivity index (χ2v) is 5.23. The quantitative estimate of drug-likeness (QED) is 0.573. The van der Waals surface area contributed by atoms with Crippen molar-refractivity contribution in [2.75, 3.05) is 7.05 Å². The van der Waals surface area contributed by atoms with Gasteiger partial charge in [-0.05, 0) is 32.2 Å². The number of nitrogens with one attached hydrogen (secondary N) is 1. The molecular weight excluding hydrogens is 206 g/mol. The van der Waals surface area contributed by atoms with E-state index >= 15 is 0 Å². The maximum absolute atomic E-state index is 4.32. The maximum Gasteiger partial charge on any atom is 0.0426 e. The van der Waals surface area contributed by atoms with E-state index in [1.54, 1.807) is 0 Å². The summed E-state index contributed by atoms with van der Waals surface area (Å²) < 4.78 is 0. The molecule has 0 amide bonds. The zero-order valence-corrected chi connectivity index (χ0v) is 12.5. The molecule has 0 bridgehead atoms. The molecule has 1 nitrogen and oxygen atoms in total. The molecule has 0 aliphatic rings. The largest absolute Gasteiger partial charge is 0.310 e. The first-order valence-corrected chi connectivity index (χ1v) is 7.07. The van der Waals surface area contributed by atoms with Gasteiger partial charge in [0.15, 0.2) is 0 Å². The molecule has 0 aromatic heterocycles. The zero-order valence-electron chi connectivity index (χ0n) is 12.5. The molecule has 0 aliphatic carbocycles. The summed E-state index contributed by atoms with van der Waals surface area (Å²) in [4.78, 5) is 0. The van der Waals surface area contributed by atoms with E-state index in [0.29, 0.717) is 5.92 Å². The van der Waals surface area contributed by atoms with E-state index in [9.17, 15) is 0 Å². The van der Waals surface area contributed by atoms with Gasteiger partial charge in [-0.3, -0.25) is 0 Å². The smallest absolute Gasteiger partial charge is 0.0426 e. The van der Waals surface area contributed by atoms with Gasteiger partial charge in [0, 0.05) is 5.54 Å². The van der Waals surface area contributed by atoms with Gasteiger partial charge < -0.3 is 5.32 Å². The first-order chi connectivity index (χ1) is 8.04. The summed E-state index contributed by atoms with van der Waals surface area (Å²) >= 11 is 0. The number of rotatable bonds is 9. The highest BCUT2D eigenvalue weighted by atomic mass is 14.9. The molecule has 0 heterocycles. The Hall–Kier alpha value is -0.560. The maximum atomic E-state index is 4.32. The Kier molecular flexibility index (Phi) is 8.24. The average molecular weight is 237 g/mol. The van der Waals surface area contributed by atoms with Crippen LogP contribution in [-0.4, -0.2) is 12.6 Å². The van der Waals surface area contributed by atoms with Crippen LogP contribution in [0.1, 0.15) is 59.8 Å². The van der Waals surface area contributed by atoms with Crippen LogP contribution in [0.4, 0.5) is 0 Å². The van der Waals surface area contributed by atoms with E-state index < -0.39 is 0 Å². The van der Waals surface area contributed by atoms with Gasteiger partial charge in [0.05, 0.1) is 0 Å². The lowest BCUT2D eigenvalue weighted by atomic mass is 9.78. The summed E-state index contributed by atoms with van der Waals surface area (Å²) in [6.07, 6.45) is 10.4. The molecule has 0 fully saturated rings. The monoisotopic (exact) mass is 237 g/mol. The predicted octanol–water partition coefficient (Wildman–Crippen LogP) is 4.70. The Morgan fingerprint density at radius 3 is 2.29 bits per heavy atom. The summed E-state index contributed by atoms with van der Waals surface area (Å²) in [5.74, 6) is 0.536. The summed E-state index contributed by atoms with van der Waals surface area (Å²) in [6, 6.07) is 0. The molecule has 1 N–H and O–H groups in total. The number of likely N-dealkylation sites (N-methyl/N-ethyl adjacent to an activating group) is 1. The minimum absolute atomic E-state index is 0.0904. The molecule has 17 heavy (non-hydrogen) atoms. The molecule has 1 unspecified atom stereocenters. The lowest BCUT2D eigenvalue weighted by Gasteiger charge is -2.37. The van der Waals surface area contributed by atoms with E-state index in [0.717, 1.165) is 12.8 Å². The van der Waals surface area contributed by atoms with E-state index in [1.807, 2.05) is 0 Å². The minimum Gasteiger partial charge on any atom is -0.310 e. The predicted molar refractivity (Wildman–Crippen MR) is 79.3 cm³/mol. The lowest BCUT2D eigenvalue weighted by molar-refractivity contribution is 0.355. The second kappa shape index (κ2) is 8.52. The Morgan fingerprint density at radius 2 is 1.88 bits per heavy atom. The Balaban J connectivity index is 4.75. The third-order valence-corrected chi connectivity index (χ3v) is 3.56. The highest BCUT2D eigenvalue weighted by Gasteiger charge is 2.30. The fourth-order valence-electron chi connectivity index (χ4n) is 2.33. The van der Waals surface area contributed by atoms with E-state index in [-0.39, 0.29) is 5.54 Å². The molecule has 0 aliphatic heterocycles. The first kappa shape index (κ1) is 16.4. The summed E-state index contributed by atoms with van der Waals surface area (Å²) in [7, 11) is 2.07. The Labute approximate surface area is 108 Å². The van der Waals surface area contributed by atoms with Gasteiger partial charge in [-0.15, -0.1) is 0 Å². The van der Waals surface area contributed by atoms with Crippen molar-refractivity contribution in [3.63, 3.8) is 0 Å². The molecular formula is C16H31N. The van der Waals surface area contributed by atoms with Crippen molar-refractivity contribution >= 4 is 0 Å². The number of allylic oxidation sites excluding steroid dienone is 1. The van der Waals surface area contributed by atoms with Crippen molar-refractivity contribution < 1.29 is 0 Å². The van der Waals surface area contributed by atoms with Crippen LogP contribution in [0.5, 0.6) is 0 Å². The van der Waals surface area contributed by atoms with Crippen molar-refractivity contribution in [2.24, 2.45) is 5.92 Å². The van der Waals surface area contributed by atoms with Crippen LogP contribution in [0, 0.1) is 5.92 Å². The van der Waals surface area contributed by atoms with Crippen molar-refractivity contribution in [1.82, 2.24) is 5.32 Å². The van der Waals surface area contributed by atoms with Gasteiger partial charge in [0.2, 0.25) is 0 Å². The summed E-state index contributed by atoms with van der Waals surface area (Å²) in [5, 5.41) is 3.52. The van der Waals surface area contributed by atoms with Crippen molar-refractivity contribution in [1.29, 1.82) is 0 Å². The Morgan fingerprint density at radius 1 is 1.24 bits per heavy atom. The van der Waals surface area contributed by atoms with Gasteiger partial charge in [0.25, 0.3) is 0 Å². The number of hydrogen-bond donors (Lipinski definition) is 1. The molecule has 0 aromatic rings. The standard InChI is InChI=1S/C16H31N/c1-7-9-10-11-13-16(17-6,12-8-2)15(5)14(3)4/h10-11,14,17H,5,7-9,12-13H2,1-4,6H3/b11-10+. The van der Waals surface area contributed by atoms with Crippen molar-refractivity contribution in [3.8, 4) is 0 Å². The van der Waals surface area contributed by atoms with Gasteiger partial charge in [-0.1, -0.05) is 64.8 Å². The highest BCUT2D eigenvalue weighted by molar-refractivity contribution is 5.20. The SMILES string of the molecule is C=C(C(C)C)C(C/C=C/CCC)(CCC)NC. The van der Waals surface area contributed by atoms with Gasteiger partial charge in [-0.2, -0.15) is 0 Å². The van der Waals surface area contributed by atoms with Crippen LogP contribution in [-0.2, 0) is 0 Å². The van der Waals surface area contributed by atoms with Gasteiger partial charge in [-0.25, -0.2) is 0 Å². The first-order valence-electron chi connectivity index (χ1n) is 7.07. The third kappa shape index (κ3) is 5.08. The average Bonchev–Trinajstić information content (AvgIpc) is 2.32. The number of hydrogen-bond acceptors (Lipinski definition) is 1. The summed E-state index contributed by atoms with van der Waals surface area (Å²) in [5.41, 5.74) is 1.43. The lowest BCUT2D eigenvalue weighted by Crippen LogP contribution is -2.45. The highest BCUT2D eigenvalue weighted by Crippen LogP contribution is 2.30.